The molecule has 58 heavy (non-hydrogen) atoms. The molecule has 4 aromatic rings. The van der Waals surface area contributed by atoms with Crippen LogP contribution in [0.5, 0.6) is 0 Å². The normalized spacial score (nSPS) is 14.7. The van der Waals surface area contributed by atoms with Crippen LogP contribution in [-0.2, 0) is 54.1 Å². The van der Waals surface area contributed by atoms with Crippen LogP contribution in [0.25, 0.3) is 0 Å². The molecule has 0 radical (unpaired) electrons. The number of alkyl halides is 6. The molecule has 16 nitrogen and oxygen atoms in total. The summed E-state index contributed by atoms with van der Waals surface area (Å²) in [6.07, 6.45) is -13.4. The Bertz CT molecular complexity index is 2160. The molecule has 0 bridgehead atoms. The Labute approximate surface area is 319 Å². The van der Waals surface area contributed by atoms with Crippen LogP contribution in [0.3, 0.4) is 0 Å². The minimum absolute atomic E-state index is 0.377. The van der Waals surface area contributed by atoms with Crippen LogP contribution in [0, 0.1) is 34.3 Å². The van der Waals surface area contributed by atoms with Gasteiger partial charge in [0.2, 0.25) is 11.2 Å². The summed E-state index contributed by atoms with van der Waals surface area (Å²) >= 11 is 0. The van der Waals surface area contributed by atoms with Crippen LogP contribution in [0.4, 0.5) is 46.5 Å². The highest BCUT2D eigenvalue weighted by Crippen LogP contribution is 2.35. The number of hydrogen-bond donors (Lipinski definition) is 4. The number of ether oxygens (including phenoxy) is 2. The van der Waals surface area contributed by atoms with E-state index < -0.39 is 118 Å². The van der Waals surface area contributed by atoms with Crippen LogP contribution in [0.15, 0.2) is 61.2 Å². The van der Waals surface area contributed by atoms with Gasteiger partial charge in [0.15, 0.2) is 23.8 Å². The van der Waals surface area contributed by atoms with Gasteiger partial charge < -0.3 is 30.3 Å². The summed E-state index contributed by atoms with van der Waals surface area (Å²) in [5.74, 6) is -8.76. The zero-order valence-electron chi connectivity index (χ0n) is 29.4. The Hall–Kier alpha value is -6.92. The Morgan fingerprint density at radius 3 is 1.33 bits per heavy atom. The van der Waals surface area contributed by atoms with E-state index in [-0.39, 0.29) is 0 Å². The second-order valence-electron chi connectivity index (χ2n) is 12.6. The molecular weight excluding hydrogens is 800 g/mol. The molecule has 2 unspecified atom stereocenters. The van der Waals surface area contributed by atoms with E-state index >= 15 is 0 Å². The van der Waals surface area contributed by atoms with E-state index in [1.165, 1.54) is 12.1 Å². The molecule has 2 aromatic carbocycles. The number of hydrogen-bond acceptors (Lipinski definition) is 12. The van der Waals surface area contributed by atoms with Crippen LogP contribution >= 0.6 is 0 Å². The smallest absolute Gasteiger partial charge is 0.417 e. The van der Waals surface area contributed by atoms with Gasteiger partial charge in [-0.1, -0.05) is 0 Å². The summed E-state index contributed by atoms with van der Waals surface area (Å²) in [6, 6.07) is 6.63. The Morgan fingerprint density at radius 1 is 0.707 bits per heavy atom. The van der Waals surface area contributed by atoms with Crippen molar-refractivity contribution in [3.8, 4) is 12.1 Å². The molecule has 0 fully saturated rings. The van der Waals surface area contributed by atoms with Crippen molar-refractivity contribution in [3.63, 3.8) is 0 Å². The monoisotopic (exact) mass is 826 g/mol. The number of aliphatic hydroxyl groups is 2. The average molecular weight is 827 g/mol. The maximum absolute atomic E-state index is 13.8. The predicted molar refractivity (Wildman–Crippen MR) is 175 cm³/mol. The molecule has 306 valence electrons. The maximum atomic E-state index is 13.8. The molecule has 2 amide bonds. The van der Waals surface area contributed by atoms with Crippen molar-refractivity contribution in [2.75, 3.05) is 10.6 Å². The van der Waals surface area contributed by atoms with Crippen molar-refractivity contribution in [2.24, 2.45) is 0 Å². The molecule has 4 N–H and O–H groups in total. The number of nitrogens with one attached hydrogen (secondary N) is 2. The SMILES string of the molecule is C[C@@](Cn1cc(F)cn1)(OC(=O)C(O)C(O)C(=O)O[C@@](C)(Cn1cc(F)cn1)C(=O)Nc1ccc(C#N)c(C(F)(F)F)c1)C(=O)Nc1ccc(C#N)c(C(F)(F)F)c1. The highest BCUT2D eigenvalue weighted by molar-refractivity contribution is 6.00. The first-order chi connectivity index (χ1) is 26.9. The quantitative estimate of drug-likeness (QED) is 0.112. The van der Waals surface area contributed by atoms with Gasteiger partial charge in [0, 0.05) is 11.4 Å². The van der Waals surface area contributed by atoms with Gasteiger partial charge in [0.05, 0.1) is 72.3 Å². The van der Waals surface area contributed by atoms with Gasteiger partial charge in [-0.3, -0.25) is 19.0 Å². The van der Waals surface area contributed by atoms with Gasteiger partial charge in [-0.05, 0) is 50.2 Å². The molecule has 0 saturated heterocycles. The zero-order chi connectivity index (χ0) is 43.4. The molecule has 4 rings (SSSR count). The van der Waals surface area contributed by atoms with E-state index in [0.29, 0.717) is 46.3 Å². The summed E-state index contributed by atoms with van der Waals surface area (Å²) in [5.41, 5.74) is -11.0. The fraction of sp³-hybridized carbons (Fsp3) is 0.294. The lowest BCUT2D eigenvalue weighted by molar-refractivity contribution is -0.191. The average Bonchev–Trinajstić information content (AvgIpc) is 3.75. The molecule has 24 heteroatoms. The first kappa shape index (κ1) is 43.8. The lowest BCUT2D eigenvalue weighted by Gasteiger charge is -2.31. The van der Waals surface area contributed by atoms with E-state index in [1.54, 1.807) is 0 Å². The van der Waals surface area contributed by atoms with E-state index in [2.05, 4.69) is 10.2 Å². The number of carbonyl (C=O) groups is 4. The van der Waals surface area contributed by atoms with Crippen molar-refractivity contribution < 1.29 is 74.0 Å². The number of carbonyl (C=O) groups excluding carboxylic acids is 4. The van der Waals surface area contributed by atoms with Crippen LogP contribution in [0.2, 0.25) is 0 Å². The maximum Gasteiger partial charge on any atom is 0.417 e. The Balaban J connectivity index is 1.59. The molecule has 0 aliphatic carbocycles. The largest absolute Gasteiger partial charge is 0.445 e. The molecular formula is C34H26F8N8O8. The molecule has 0 saturated carbocycles. The van der Waals surface area contributed by atoms with Crippen molar-refractivity contribution in [1.29, 1.82) is 10.5 Å². The molecule has 0 aliphatic rings. The molecule has 0 spiro atoms. The van der Waals surface area contributed by atoms with Gasteiger partial charge in [-0.15, -0.1) is 0 Å². The molecule has 4 atom stereocenters. The lowest BCUT2D eigenvalue weighted by Crippen LogP contribution is -2.54. The van der Waals surface area contributed by atoms with E-state index in [0.717, 1.165) is 38.1 Å². The van der Waals surface area contributed by atoms with Gasteiger partial charge >= 0.3 is 24.3 Å². The third kappa shape index (κ3) is 10.3. The number of aliphatic hydroxyl groups excluding tert-OH is 2. The number of benzene rings is 2. The van der Waals surface area contributed by atoms with Crippen molar-refractivity contribution >= 4 is 35.1 Å². The zero-order valence-corrected chi connectivity index (χ0v) is 29.4. The second kappa shape index (κ2) is 16.7. The van der Waals surface area contributed by atoms with Crippen LogP contribution in [-0.4, -0.2) is 76.9 Å². The second-order valence-corrected chi connectivity index (χ2v) is 12.6. The number of aromatic nitrogens is 4. The van der Waals surface area contributed by atoms with Crippen LogP contribution < -0.4 is 10.6 Å². The lowest BCUT2D eigenvalue weighted by atomic mass is 10.0. The van der Waals surface area contributed by atoms with E-state index in [9.17, 15) is 64.5 Å². The standard InChI is InChI=1S/C34H26F8N8O8/c1-31(15-49-13-19(35)11-45-49,29(55)47-21-5-3-17(9-43)23(7-21)33(37,38)39)57-27(53)25(51)26(52)28(54)58-32(2,16-50-14-20(36)12-46-50)30(56)48-22-6-4-18(10-44)24(8-22)34(40,41)42/h3-8,11-14,25-26,51-52H,15-16H2,1-2H3,(H,47,55)(H,48,56)/t25?,26?,31-,32-/m0/s1. The van der Waals surface area contributed by atoms with Crippen molar-refractivity contribution in [1.82, 2.24) is 19.6 Å². The summed E-state index contributed by atoms with van der Waals surface area (Å²) in [4.78, 5) is 53.3. The highest BCUT2D eigenvalue weighted by Gasteiger charge is 2.46. The van der Waals surface area contributed by atoms with Gasteiger partial charge in [-0.25, -0.2) is 18.4 Å². The molecule has 2 heterocycles. The fourth-order valence-electron chi connectivity index (χ4n) is 5.03. The molecule has 2 aromatic heterocycles. The number of amides is 2. The third-order valence-corrected chi connectivity index (χ3v) is 7.93. The number of anilines is 2. The van der Waals surface area contributed by atoms with Crippen molar-refractivity contribution in [2.45, 2.75) is 62.7 Å². The highest BCUT2D eigenvalue weighted by atomic mass is 19.4. The number of rotatable bonds is 13. The first-order valence-corrected chi connectivity index (χ1v) is 15.9. The number of halogens is 8. The summed E-state index contributed by atoms with van der Waals surface area (Å²) < 4.78 is 120. The van der Waals surface area contributed by atoms with Gasteiger partial charge in [-0.2, -0.15) is 47.1 Å². The fourth-order valence-corrected chi connectivity index (χ4v) is 5.03. The van der Waals surface area contributed by atoms with Gasteiger partial charge in [0.1, 0.15) is 0 Å². The van der Waals surface area contributed by atoms with Crippen LogP contribution in [0.1, 0.15) is 36.1 Å². The number of nitrogens with zero attached hydrogens (tertiary/aromatic N) is 6. The number of esters is 2. The van der Waals surface area contributed by atoms with E-state index in [4.69, 9.17) is 20.0 Å². The Morgan fingerprint density at radius 2 is 1.05 bits per heavy atom. The summed E-state index contributed by atoms with van der Waals surface area (Å²) in [6.45, 7) is -0.171. The van der Waals surface area contributed by atoms with E-state index in [1.807, 2.05) is 10.6 Å². The topological polar surface area (TPSA) is 234 Å². The van der Waals surface area contributed by atoms with Gasteiger partial charge in [0.25, 0.3) is 11.8 Å². The number of nitriles is 2. The summed E-state index contributed by atoms with van der Waals surface area (Å²) in [7, 11) is 0. The van der Waals surface area contributed by atoms with Crippen molar-refractivity contribution in [3.05, 3.63) is 95.1 Å². The Kier molecular flexibility index (Phi) is 12.6. The summed E-state index contributed by atoms with van der Waals surface area (Å²) in [5, 5.41) is 50.7. The predicted octanol–water partition coefficient (Wildman–Crippen LogP) is 3.44. The first-order valence-electron chi connectivity index (χ1n) is 15.9. The minimum Gasteiger partial charge on any atom is -0.445 e. The minimum atomic E-state index is -5.06. The third-order valence-electron chi connectivity index (χ3n) is 7.93. The molecule has 0 aliphatic heterocycles.